The Kier molecular flexibility index (Phi) is 3.68. The summed E-state index contributed by atoms with van der Waals surface area (Å²) in [6.45, 7) is 10.9. The molecule has 1 heterocycles. The van der Waals surface area contributed by atoms with Gasteiger partial charge in [0.25, 0.3) is 0 Å². The van der Waals surface area contributed by atoms with Gasteiger partial charge >= 0.3 is 0 Å². The molecule has 2 atom stereocenters. The molecule has 2 heteroatoms. The summed E-state index contributed by atoms with van der Waals surface area (Å²) < 4.78 is 0. The minimum absolute atomic E-state index is 0.702. The summed E-state index contributed by atoms with van der Waals surface area (Å²) >= 11 is 0. The first-order chi connectivity index (χ1) is 7.15. The molecule has 0 aromatic rings. The minimum Gasteiger partial charge on any atom is -0.314 e. The van der Waals surface area contributed by atoms with Gasteiger partial charge in [0.1, 0.15) is 0 Å². The number of nitrogens with one attached hydrogen (secondary N) is 1. The van der Waals surface area contributed by atoms with E-state index in [0.29, 0.717) is 6.04 Å². The van der Waals surface area contributed by atoms with E-state index in [9.17, 15) is 0 Å². The Hall–Kier alpha value is -0.0800. The minimum atomic E-state index is 0.702. The van der Waals surface area contributed by atoms with E-state index >= 15 is 0 Å². The highest BCUT2D eigenvalue weighted by Crippen LogP contribution is 2.32. The average molecular weight is 210 g/mol. The van der Waals surface area contributed by atoms with Crippen LogP contribution in [0.25, 0.3) is 0 Å². The maximum Gasteiger partial charge on any atom is 0.0100 e. The summed E-state index contributed by atoms with van der Waals surface area (Å²) in [6.07, 6.45) is 4.20. The molecule has 88 valence electrons. The van der Waals surface area contributed by atoms with Gasteiger partial charge in [-0.1, -0.05) is 13.8 Å². The number of rotatable bonds is 1. The van der Waals surface area contributed by atoms with Gasteiger partial charge in [-0.15, -0.1) is 0 Å². The van der Waals surface area contributed by atoms with Gasteiger partial charge in [0, 0.05) is 18.6 Å². The lowest BCUT2D eigenvalue weighted by Crippen LogP contribution is -2.50. The molecule has 2 rings (SSSR count). The van der Waals surface area contributed by atoms with E-state index in [1.807, 2.05) is 0 Å². The number of nitrogens with zero attached hydrogens (tertiary/aromatic N) is 1. The van der Waals surface area contributed by atoms with E-state index in [0.717, 1.165) is 17.9 Å². The largest absolute Gasteiger partial charge is 0.314 e. The Labute approximate surface area is 94.4 Å². The van der Waals surface area contributed by atoms with E-state index in [1.54, 1.807) is 0 Å². The zero-order chi connectivity index (χ0) is 10.8. The summed E-state index contributed by atoms with van der Waals surface area (Å²) in [5, 5.41) is 3.61. The summed E-state index contributed by atoms with van der Waals surface area (Å²) in [7, 11) is 0. The maximum atomic E-state index is 3.61. The predicted octanol–water partition coefficient (Wildman–Crippen LogP) is 2.10. The van der Waals surface area contributed by atoms with Crippen LogP contribution in [0, 0.1) is 11.8 Å². The molecule has 0 aromatic heterocycles. The molecule has 0 amide bonds. The van der Waals surface area contributed by atoms with Crippen molar-refractivity contribution in [3.8, 4) is 0 Å². The van der Waals surface area contributed by atoms with Gasteiger partial charge in [-0.2, -0.15) is 0 Å². The van der Waals surface area contributed by atoms with Crippen molar-refractivity contribution >= 4 is 0 Å². The van der Waals surface area contributed by atoms with Crippen molar-refractivity contribution in [3.63, 3.8) is 0 Å². The molecule has 2 nitrogen and oxygen atoms in total. The van der Waals surface area contributed by atoms with Crippen molar-refractivity contribution in [1.29, 1.82) is 0 Å². The molecule has 0 radical (unpaired) electrons. The Balaban J connectivity index is 1.86. The van der Waals surface area contributed by atoms with Crippen LogP contribution in [-0.4, -0.2) is 36.6 Å². The third kappa shape index (κ3) is 2.94. The van der Waals surface area contributed by atoms with Crippen molar-refractivity contribution in [3.05, 3.63) is 0 Å². The topological polar surface area (TPSA) is 15.3 Å². The van der Waals surface area contributed by atoms with Crippen LogP contribution in [-0.2, 0) is 0 Å². The summed E-state index contributed by atoms with van der Waals surface area (Å²) in [5.74, 6) is 1.79. The molecule has 15 heavy (non-hydrogen) atoms. The fourth-order valence-electron chi connectivity index (χ4n) is 2.91. The monoisotopic (exact) mass is 210 g/mol. The van der Waals surface area contributed by atoms with E-state index in [4.69, 9.17) is 0 Å². The van der Waals surface area contributed by atoms with Crippen molar-refractivity contribution in [2.75, 3.05) is 19.6 Å². The van der Waals surface area contributed by atoms with E-state index < -0.39 is 0 Å². The fraction of sp³-hybridized carbons (Fsp3) is 1.00. The highest BCUT2D eigenvalue weighted by Gasteiger charge is 2.31. The van der Waals surface area contributed by atoms with Crippen LogP contribution in [0.3, 0.4) is 0 Å². The Morgan fingerprint density at radius 1 is 1.07 bits per heavy atom. The number of hydrogen-bond acceptors (Lipinski definition) is 2. The first-order valence-corrected chi connectivity index (χ1v) is 6.62. The maximum absolute atomic E-state index is 3.61. The SMILES string of the molecule is CC1CC(N2CCC(C)NCC(C)C2)C1. The molecule has 2 aliphatic rings. The summed E-state index contributed by atoms with van der Waals surface area (Å²) in [6, 6.07) is 1.61. The van der Waals surface area contributed by atoms with Gasteiger partial charge in [-0.05, 0) is 51.1 Å². The van der Waals surface area contributed by atoms with Crippen molar-refractivity contribution in [2.24, 2.45) is 11.8 Å². The molecule has 0 bridgehead atoms. The first-order valence-electron chi connectivity index (χ1n) is 6.62. The van der Waals surface area contributed by atoms with Crippen LogP contribution in [0.5, 0.6) is 0 Å². The molecule has 1 saturated heterocycles. The lowest BCUT2D eigenvalue weighted by Gasteiger charge is -2.44. The van der Waals surface area contributed by atoms with Gasteiger partial charge in [-0.3, -0.25) is 4.90 Å². The van der Waals surface area contributed by atoms with Gasteiger partial charge in [0.15, 0.2) is 0 Å². The molecule has 1 saturated carbocycles. The zero-order valence-corrected chi connectivity index (χ0v) is 10.5. The van der Waals surface area contributed by atoms with Crippen molar-refractivity contribution in [2.45, 2.75) is 52.1 Å². The van der Waals surface area contributed by atoms with Crippen molar-refractivity contribution in [1.82, 2.24) is 10.2 Å². The van der Waals surface area contributed by atoms with E-state index in [2.05, 4.69) is 31.0 Å². The lowest BCUT2D eigenvalue weighted by atomic mass is 9.80. The third-order valence-electron chi connectivity index (χ3n) is 4.08. The van der Waals surface area contributed by atoms with Crippen LogP contribution < -0.4 is 5.32 Å². The molecule has 2 unspecified atom stereocenters. The highest BCUT2D eigenvalue weighted by atomic mass is 15.2. The van der Waals surface area contributed by atoms with Crippen LogP contribution >= 0.6 is 0 Å². The van der Waals surface area contributed by atoms with Gasteiger partial charge < -0.3 is 5.32 Å². The van der Waals surface area contributed by atoms with Crippen LogP contribution in [0.2, 0.25) is 0 Å². The van der Waals surface area contributed by atoms with Gasteiger partial charge in [-0.25, -0.2) is 0 Å². The molecule has 2 fully saturated rings. The van der Waals surface area contributed by atoms with Gasteiger partial charge in [0.05, 0.1) is 0 Å². The second kappa shape index (κ2) is 4.84. The molecule has 1 aliphatic carbocycles. The Bertz CT molecular complexity index is 199. The Morgan fingerprint density at radius 2 is 1.80 bits per heavy atom. The second-order valence-corrected chi connectivity index (χ2v) is 5.93. The third-order valence-corrected chi connectivity index (χ3v) is 4.08. The molecule has 1 N–H and O–H groups in total. The summed E-state index contributed by atoms with van der Waals surface area (Å²) in [4.78, 5) is 2.75. The molecule has 0 aromatic carbocycles. The van der Waals surface area contributed by atoms with Crippen LogP contribution in [0.15, 0.2) is 0 Å². The molecule has 1 aliphatic heterocycles. The smallest absolute Gasteiger partial charge is 0.0100 e. The standard InChI is InChI=1S/C13H26N2/c1-10-6-13(7-10)15-5-4-12(3)14-8-11(2)9-15/h10-14H,4-9H2,1-3H3. The molecule has 0 spiro atoms. The normalized spacial score (nSPS) is 44.2. The highest BCUT2D eigenvalue weighted by molar-refractivity contribution is 4.87. The lowest BCUT2D eigenvalue weighted by molar-refractivity contribution is 0.0633. The van der Waals surface area contributed by atoms with E-state index in [1.165, 1.54) is 38.9 Å². The first kappa shape index (κ1) is 11.4. The second-order valence-electron chi connectivity index (χ2n) is 5.93. The van der Waals surface area contributed by atoms with Gasteiger partial charge in [0.2, 0.25) is 0 Å². The fourth-order valence-corrected chi connectivity index (χ4v) is 2.91. The Morgan fingerprint density at radius 3 is 2.47 bits per heavy atom. The predicted molar refractivity (Wildman–Crippen MR) is 65.0 cm³/mol. The van der Waals surface area contributed by atoms with E-state index in [-0.39, 0.29) is 0 Å². The summed E-state index contributed by atoms with van der Waals surface area (Å²) in [5.41, 5.74) is 0. The zero-order valence-electron chi connectivity index (χ0n) is 10.5. The molecular weight excluding hydrogens is 184 g/mol. The van der Waals surface area contributed by atoms with Crippen LogP contribution in [0.1, 0.15) is 40.0 Å². The van der Waals surface area contributed by atoms with Crippen molar-refractivity contribution < 1.29 is 0 Å². The average Bonchev–Trinajstić information content (AvgIpc) is 2.14. The van der Waals surface area contributed by atoms with Crippen LogP contribution in [0.4, 0.5) is 0 Å². The molecular formula is C13H26N2. The number of hydrogen-bond donors (Lipinski definition) is 1. The quantitative estimate of drug-likeness (QED) is 0.713.